The van der Waals surface area contributed by atoms with Crippen LogP contribution in [-0.2, 0) is 9.59 Å². The molecule has 86 valence electrons. The second-order valence-electron chi connectivity index (χ2n) is 3.80. The van der Waals surface area contributed by atoms with Crippen molar-refractivity contribution in [3.05, 3.63) is 35.9 Å². The topological polar surface area (TPSA) is 54.4 Å². The third kappa shape index (κ3) is 3.85. The molecule has 0 aromatic heterocycles. The van der Waals surface area contributed by atoms with Crippen molar-refractivity contribution in [3.63, 3.8) is 0 Å². The number of carboxylic acids is 1. The number of carbonyl (C=O) groups is 2. The molecule has 1 rings (SSSR count). The first-order chi connectivity index (χ1) is 7.63. The predicted molar refractivity (Wildman–Crippen MR) is 61.4 cm³/mol. The largest absolute Gasteiger partial charge is 0.481 e. The van der Waals surface area contributed by atoms with Gasteiger partial charge in [-0.2, -0.15) is 0 Å². The molecule has 1 N–H and O–H groups in total. The molecule has 0 saturated heterocycles. The molecule has 0 aliphatic heterocycles. The monoisotopic (exact) mass is 220 g/mol. The number of Topliss-reactive ketones (excluding diaryl/α,β-unsaturated/α-hetero) is 1. The molecule has 0 saturated carbocycles. The number of rotatable bonds is 6. The molecule has 0 aliphatic rings. The Morgan fingerprint density at radius 3 is 2.31 bits per heavy atom. The van der Waals surface area contributed by atoms with Crippen LogP contribution in [0.3, 0.4) is 0 Å². The van der Waals surface area contributed by atoms with Crippen LogP contribution in [0.25, 0.3) is 0 Å². The summed E-state index contributed by atoms with van der Waals surface area (Å²) in [5, 5.41) is 8.82. The van der Waals surface area contributed by atoms with Crippen LogP contribution in [-0.4, -0.2) is 16.9 Å². The highest BCUT2D eigenvalue weighted by Gasteiger charge is 2.18. The summed E-state index contributed by atoms with van der Waals surface area (Å²) in [7, 11) is 0. The molecule has 3 heteroatoms. The lowest BCUT2D eigenvalue weighted by atomic mass is 9.90. The summed E-state index contributed by atoms with van der Waals surface area (Å²) in [5.41, 5.74) is 0.923. The summed E-state index contributed by atoms with van der Waals surface area (Å²) >= 11 is 0. The number of carboxylic acid groups (broad SMARTS) is 1. The zero-order valence-corrected chi connectivity index (χ0v) is 9.35. The SMILES string of the molecule is CCC(=O)C[C@@H](CC(=O)O)c1ccccc1. The lowest BCUT2D eigenvalue weighted by Crippen LogP contribution is -2.11. The van der Waals surface area contributed by atoms with Gasteiger partial charge in [0.15, 0.2) is 0 Å². The van der Waals surface area contributed by atoms with Gasteiger partial charge in [0.25, 0.3) is 0 Å². The molecule has 0 fully saturated rings. The molecular weight excluding hydrogens is 204 g/mol. The van der Waals surface area contributed by atoms with Gasteiger partial charge in [-0.05, 0) is 5.56 Å². The fourth-order valence-electron chi connectivity index (χ4n) is 1.66. The van der Waals surface area contributed by atoms with Crippen molar-refractivity contribution in [1.82, 2.24) is 0 Å². The first-order valence-corrected chi connectivity index (χ1v) is 5.42. The first kappa shape index (κ1) is 12.4. The normalized spacial score (nSPS) is 12.1. The van der Waals surface area contributed by atoms with E-state index in [4.69, 9.17) is 5.11 Å². The van der Waals surface area contributed by atoms with Crippen LogP contribution in [0.2, 0.25) is 0 Å². The molecule has 16 heavy (non-hydrogen) atoms. The molecule has 0 aliphatic carbocycles. The van der Waals surface area contributed by atoms with E-state index in [1.54, 1.807) is 6.92 Å². The molecule has 1 atom stereocenters. The number of hydrogen-bond donors (Lipinski definition) is 1. The molecule has 0 bridgehead atoms. The Hall–Kier alpha value is -1.64. The standard InChI is InChI=1S/C13H16O3/c1-2-12(14)8-11(9-13(15)16)10-6-4-3-5-7-10/h3-7,11H,2,8-9H2,1H3,(H,15,16)/t11-/m0/s1. The van der Waals surface area contributed by atoms with Crippen LogP contribution in [0.15, 0.2) is 30.3 Å². The van der Waals surface area contributed by atoms with E-state index in [-0.39, 0.29) is 18.1 Å². The maximum Gasteiger partial charge on any atom is 0.303 e. The van der Waals surface area contributed by atoms with Crippen LogP contribution in [0, 0.1) is 0 Å². The van der Waals surface area contributed by atoms with Crippen LogP contribution in [0.4, 0.5) is 0 Å². The zero-order chi connectivity index (χ0) is 12.0. The van der Waals surface area contributed by atoms with Gasteiger partial charge in [-0.1, -0.05) is 37.3 Å². The van der Waals surface area contributed by atoms with Gasteiger partial charge < -0.3 is 5.11 Å². The number of hydrogen-bond acceptors (Lipinski definition) is 2. The Morgan fingerprint density at radius 1 is 1.19 bits per heavy atom. The molecule has 1 aromatic rings. The van der Waals surface area contributed by atoms with E-state index in [9.17, 15) is 9.59 Å². The van der Waals surface area contributed by atoms with Crippen molar-refractivity contribution in [2.45, 2.75) is 32.1 Å². The van der Waals surface area contributed by atoms with Gasteiger partial charge in [-0.3, -0.25) is 9.59 Å². The predicted octanol–water partition coefficient (Wildman–Crippen LogP) is 2.61. The molecule has 0 unspecified atom stereocenters. The minimum absolute atomic E-state index is 0.00968. The lowest BCUT2D eigenvalue weighted by molar-refractivity contribution is -0.137. The van der Waals surface area contributed by atoms with Gasteiger partial charge in [0.1, 0.15) is 5.78 Å². The Labute approximate surface area is 95.1 Å². The molecule has 0 radical (unpaired) electrons. The average Bonchev–Trinajstić information content (AvgIpc) is 2.28. The van der Waals surface area contributed by atoms with Gasteiger partial charge in [0, 0.05) is 18.8 Å². The molecule has 0 amide bonds. The number of ketones is 1. The van der Waals surface area contributed by atoms with Crippen molar-refractivity contribution in [2.24, 2.45) is 0 Å². The first-order valence-electron chi connectivity index (χ1n) is 5.42. The fourth-order valence-corrected chi connectivity index (χ4v) is 1.66. The Balaban J connectivity index is 2.79. The van der Waals surface area contributed by atoms with E-state index in [2.05, 4.69) is 0 Å². The minimum Gasteiger partial charge on any atom is -0.481 e. The lowest BCUT2D eigenvalue weighted by Gasteiger charge is -2.13. The Morgan fingerprint density at radius 2 is 1.81 bits per heavy atom. The summed E-state index contributed by atoms with van der Waals surface area (Å²) in [6.07, 6.45) is 0.783. The van der Waals surface area contributed by atoms with Crippen molar-refractivity contribution >= 4 is 11.8 Å². The highest BCUT2D eigenvalue weighted by atomic mass is 16.4. The average molecular weight is 220 g/mol. The number of benzene rings is 1. The van der Waals surface area contributed by atoms with Gasteiger partial charge >= 0.3 is 5.97 Å². The maximum atomic E-state index is 11.4. The van der Waals surface area contributed by atoms with Crippen molar-refractivity contribution in [1.29, 1.82) is 0 Å². The van der Waals surface area contributed by atoms with Crippen molar-refractivity contribution in [2.75, 3.05) is 0 Å². The third-order valence-corrected chi connectivity index (χ3v) is 2.56. The fraction of sp³-hybridized carbons (Fsp3) is 0.385. The summed E-state index contributed by atoms with van der Waals surface area (Å²) in [5.74, 6) is -0.959. The highest BCUT2D eigenvalue weighted by molar-refractivity contribution is 5.80. The second-order valence-corrected chi connectivity index (χ2v) is 3.80. The van der Waals surface area contributed by atoms with Gasteiger partial charge in [0.05, 0.1) is 6.42 Å². The molecule has 1 aromatic carbocycles. The van der Waals surface area contributed by atoms with E-state index >= 15 is 0 Å². The third-order valence-electron chi connectivity index (χ3n) is 2.56. The second kappa shape index (κ2) is 6.05. The van der Waals surface area contributed by atoms with E-state index in [0.29, 0.717) is 12.8 Å². The zero-order valence-electron chi connectivity index (χ0n) is 9.35. The van der Waals surface area contributed by atoms with Crippen molar-refractivity contribution in [3.8, 4) is 0 Å². The molecule has 0 heterocycles. The quantitative estimate of drug-likeness (QED) is 0.801. The summed E-state index contributed by atoms with van der Waals surface area (Å²) in [4.78, 5) is 22.1. The summed E-state index contributed by atoms with van der Waals surface area (Å²) in [6, 6.07) is 9.34. The molecular formula is C13H16O3. The van der Waals surface area contributed by atoms with E-state index in [0.717, 1.165) is 5.56 Å². The maximum absolute atomic E-state index is 11.4. The van der Waals surface area contributed by atoms with Gasteiger partial charge in [-0.15, -0.1) is 0 Å². The van der Waals surface area contributed by atoms with Gasteiger partial charge in [0.2, 0.25) is 0 Å². The highest BCUT2D eigenvalue weighted by Crippen LogP contribution is 2.24. The van der Waals surface area contributed by atoms with E-state index in [1.807, 2.05) is 30.3 Å². The number of aliphatic carboxylic acids is 1. The Bertz CT molecular complexity index is 357. The summed E-state index contributed by atoms with van der Waals surface area (Å²) < 4.78 is 0. The minimum atomic E-state index is -0.863. The van der Waals surface area contributed by atoms with E-state index in [1.165, 1.54) is 0 Å². The molecule has 0 spiro atoms. The smallest absolute Gasteiger partial charge is 0.303 e. The van der Waals surface area contributed by atoms with Crippen LogP contribution in [0.5, 0.6) is 0 Å². The van der Waals surface area contributed by atoms with Gasteiger partial charge in [-0.25, -0.2) is 0 Å². The summed E-state index contributed by atoms with van der Waals surface area (Å²) in [6.45, 7) is 1.80. The van der Waals surface area contributed by atoms with Crippen molar-refractivity contribution < 1.29 is 14.7 Å². The van der Waals surface area contributed by atoms with Crippen LogP contribution < -0.4 is 0 Å². The number of carbonyl (C=O) groups excluding carboxylic acids is 1. The van der Waals surface area contributed by atoms with E-state index < -0.39 is 5.97 Å². The van der Waals surface area contributed by atoms with Crippen LogP contribution in [0.1, 0.15) is 37.7 Å². The van der Waals surface area contributed by atoms with Crippen LogP contribution >= 0.6 is 0 Å². The Kier molecular flexibility index (Phi) is 4.70. The molecule has 3 nitrogen and oxygen atoms in total.